The number of sulfonamides is 1. The maximum absolute atomic E-state index is 12.0. The lowest BCUT2D eigenvalue weighted by atomic mass is 10.2. The largest absolute Gasteiger partial charge is 0.355 e. The van der Waals surface area contributed by atoms with Crippen molar-refractivity contribution in [2.75, 3.05) is 33.7 Å². The van der Waals surface area contributed by atoms with Crippen molar-refractivity contribution < 1.29 is 13.2 Å². The van der Waals surface area contributed by atoms with E-state index in [-0.39, 0.29) is 29.8 Å². The summed E-state index contributed by atoms with van der Waals surface area (Å²) in [5.74, 6) is 0.143. The van der Waals surface area contributed by atoms with Crippen LogP contribution in [0.2, 0.25) is 0 Å². The number of nitrogens with zero attached hydrogens (tertiary/aromatic N) is 2. The number of halogens is 1. The quantitative estimate of drug-likeness (QED) is 0.708. The van der Waals surface area contributed by atoms with Crippen LogP contribution in [0.5, 0.6) is 0 Å². The number of likely N-dealkylation sites (N-methyl/N-ethyl adjacent to an activating group) is 1. The minimum Gasteiger partial charge on any atom is -0.355 e. The zero-order chi connectivity index (χ0) is 16.2. The van der Waals surface area contributed by atoms with E-state index >= 15 is 0 Å². The van der Waals surface area contributed by atoms with Gasteiger partial charge in [-0.05, 0) is 32.1 Å². The van der Waals surface area contributed by atoms with Crippen LogP contribution < -0.4 is 10.6 Å². The van der Waals surface area contributed by atoms with Crippen LogP contribution in [0.1, 0.15) is 12.0 Å². The summed E-state index contributed by atoms with van der Waals surface area (Å²) in [4.78, 5) is 13.6. The molecule has 1 aromatic rings. The molecule has 0 unspecified atom stereocenters. The molecule has 0 bridgehead atoms. The summed E-state index contributed by atoms with van der Waals surface area (Å²) < 4.78 is 27.7. The number of amides is 1. The molecule has 7 nitrogen and oxygen atoms in total. The highest BCUT2D eigenvalue weighted by atomic mass is 35.5. The van der Waals surface area contributed by atoms with E-state index in [9.17, 15) is 13.2 Å². The summed E-state index contributed by atoms with van der Waals surface area (Å²) in [6.45, 7) is 1.46. The van der Waals surface area contributed by atoms with Crippen LogP contribution in [0.3, 0.4) is 0 Å². The van der Waals surface area contributed by atoms with Gasteiger partial charge in [0.05, 0.1) is 6.54 Å². The molecule has 1 aliphatic heterocycles. The van der Waals surface area contributed by atoms with Gasteiger partial charge >= 0.3 is 0 Å². The molecule has 2 N–H and O–H groups in total. The van der Waals surface area contributed by atoms with E-state index in [0.717, 1.165) is 13.0 Å². The first-order valence-electron chi connectivity index (χ1n) is 7.02. The van der Waals surface area contributed by atoms with Crippen molar-refractivity contribution in [3.8, 4) is 0 Å². The summed E-state index contributed by atoms with van der Waals surface area (Å²) >= 11 is 0. The maximum Gasteiger partial charge on any atom is 0.285 e. The van der Waals surface area contributed by atoms with Gasteiger partial charge in [-0.15, -0.1) is 16.8 Å². The second-order valence-corrected chi connectivity index (χ2v) is 6.62. The SMILES string of the molecule is CNCCCNC(=O)CN(C)C1=NS(=O)(=O)c2ccccc21.Cl. The van der Waals surface area contributed by atoms with E-state index in [4.69, 9.17) is 0 Å². The number of carbonyl (C=O) groups excluding carboxylic acids is 1. The fourth-order valence-electron chi connectivity index (χ4n) is 2.20. The molecule has 0 saturated heterocycles. The first-order chi connectivity index (χ1) is 10.5. The molecule has 9 heteroatoms. The molecule has 128 valence electrons. The predicted molar refractivity (Wildman–Crippen MR) is 91.6 cm³/mol. The second kappa shape index (κ2) is 8.28. The maximum atomic E-state index is 12.0. The summed E-state index contributed by atoms with van der Waals surface area (Å²) in [6, 6.07) is 6.62. The minimum absolute atomic E-state index is 0. The van der Waals surface area contributed by atoms with Gasteiger partial charge in [-0.2, -0.15) is 8.42 Å². The fraction of sp³-hybridized carbons (Fsp3) is 0.429. The number of benzene rings is 1. The molecule has 23 heavy (non-hydrogen) atoms. The zero-order valence-corrected chi connectivity index (χ0v) is 14.7. The van der Waals surface area contributed by atoms with Crippen molar-refractivity contribution in [3.05, 3.63) is 29.8 Å². The lowest BCUT2D eigenvalue weighted by Crippen LogP contribution is -2.39. The average Bonchev–Trinajstić information content (AvgIpc) is 2.76. The summed E-state index contributed by atoms with van der Waals surface area (Å²) in [5, 5.41) is 5.79. The van der Waals surface area contributed by atoms with E-state index in [2.05, 4.69) is 15.0 Å². The number of hydrogen-bond donors (Lipinski definition) is 2. The van der Waals surface area contributed by atoms with Crippen LogP contribution in [0.4, 0.5) is 0 Å². The number of hydrogen-bond acceptors (Lipinski definition) is 5. The van der Waals surface area contributed by atoms with Crippen molar-refractivity contribution in [2.24, 2.45) is 4.40 Å². The highest BCUT2D eigenvalue weighted by Gasteiger charge is 2.30. The van der Waals surface area contributed by atoms with Gasteiger partial charge in [-0.3, -0.25) is 4.79 Å². The molecule has 1 heterocycles. The van der Waals surface area contributed by atoms with Gasteiger partial charge in [0, 0.05) is 19.2 Å². The Labute approximate surface area is 142 Å². The normalized spacial score (nSPS) is 14.4. The van der Waals surface area contributed by atoms with Crippen LogP contribution in [-0.4, -0.2) is 58.8 Å². The Morgan fingerprint density at radius 1 is 1.26 bits per heavy atom. The predicted octanol–water partition coefficient (Wildman–Crippen LogP) is 0.215. The molecule has 1 aliphatic rings. The van der Waals surface area contributed by atoms with Crippen LogP contribution in [0, 0.1) is 0 Å². The minimum atomic E-state index is -3.65. The number of carbonyl (C=O) groups is 1. The third-order valence-electron chi connectivity index (χ3n) is 3.28. The molecular weight excluding hydrogens is 340 g/mol. The third kappa shape index (κ3) is 4.66. The van der Waals surface area contributed by atoms with Crippen molar-refractivity contribution in [1.82, 2.24) is 15.5 Å². The van der Waals surface area contributed by atoms with Gasteiger partial charge in [-0.1, -0.05) is 12.1 Å². The molecular formula is C14H21ClN4O3S. The van der Waals surface area contributed by atoms with Gasteiger partial charge in [0.1, 0.15) is 4.90 Å². The highest BCUT2D eigenvalue weighted by Crippen LogP contribution is 2.26. The number of rotatable bonds is 6. The Kier molecular flexibility index (Phi) is 6.99. The third-order valence-corrected chi connectivity index (χ3v) is 4.61. The molecule has 0 atom stereocenters. The topological polar surface area (TPSA) is 90.9 Å². The monoisotopic (exact) mass is 360 g/mol. The summed E-state index contributed by atoms with van der Waals surface area (Å²) in [7, 11) is -0.144. The Hall–Kier alpha value is -1.64. The molecule has 0 aliphatic carbocycles. The standard InChI is InChI=1S/C14H20N4O3S.ClH/c1-15-8-5-9-16-13(19)10-18(2)14-11-6-3-4-7-12(11)22(20,21)17-14;/h3-4,6-7,15H,5,8-10H2,1-2H3,(H,16,19);1H. The Balaban J connectivity index is 0.00000264. The Bertz CT molecular complexity index is 691. The molecule has 2 rings (SSSR count). The molecule has 0 spiro atoms. The van der Waals surface area contributed by atoms with E-state index in [1.54, 1.807) is 30.1 Å². The lowest BCUT2D eigenvalue weighted by Gasteiger charge is -2.18. The number of amidine groups is 1. The van der Waals surface area contributed by atoms with E-state index < -0.39 is 10.0 Å². The number of fused-ring (bicyclic) bond motifs is 1. The first kappa shape index (κ1) is 19.4. The molecule has 0 fully saturated rings. The van der Waals surface area contributed by atoms with Crippen molar-refractivity contribution >= 4 is 34.2 Å². The van der Waals surface area contributed by atoms with Crippen LogP contribution in [-0.2, 0) is 14.8 Å². The van der Waals surface area contributed by atoms with E-state index in [1.165, 1.54) is 6.07 Å². The molecule has 0 aromatic heterocycles. The summed E-state index contributed by atoms with van der Waals surface area (Å²) in [6.07, 6.45) is 0.837. The molecule has 1 aromatic carbocycles. The van der Waals surface area contributed by atoms with Crippen molar-refractivity contribution in [3.63, 3.8) is 0 Å². The van der Waals surface area contributed by atoms with Crippen molar-refractivity contribution in [2.45, 2.75) is 11.3 Å². The fourth-order valence-corrected chi connectivity index (χ4v) is 3.45. The smallest absolute Gasteiger partial charge is 0.285 e. The van der Waals surface area contributed by atoms with Gasteiger partial charge in [0.2, 0.25) is 5.91 Å². The van der Waals surface area contributed by atoms with E-state index in [0.29, 0.717) is 17.9 Å². The number of nitrogens with one attached hydrogen (secondary N) is 2. The van der Waals surface area contributed by atoms with Crippen LogP contribution >= 0.6 is 12.4 Å². The first-order valence-corrected chi connectivity index (χ1v) is 8.46. The van der Waals surface area contributed by atoms with Crippen LogP contribution in [0.25, 0.3) is 0 Å². The lowest BCUT2D eigenvalue weighted by molar-refractivity contribution is -0.121. The van der Waals surface area contributed by atoms with Gasteiger partial charge < -0.3 is 15.5 Å². The van der Waals surface area contributed by atoms with Gasteiger partial charge in [0.25, 0.3) is 10.0 Å². The van der Waals surface area contributed by atoms with Crippen molar-refractivity contribution in [1.29, 1.82) is 0 Å². The highest BCUT2D eigenvalue weighted by molar-refractivity contribution is 7.90. The summed E-state index contributed by atoms with van der Waals surface area (Å²) in [5.41, 5.74) is 0.535. The van der Waals surface area contributed by atoms with E-state index in [1.807, 2.05) is 7.05 Å². The van der Waals surface area contributed by atoms with Crippen LogP contribution in [0.15, 0.2) is 33.6 Å². The zero-order valence-electron chi connectivity index (χ0n) is 13.1. The molecule has 1 amide bonds. The molecule has 0 saturated carbocycles. The average molecular weight is 361 g/mol. The second-order valence-electron chi connectivity index (χ2n) is 5.05. The Morgan fingerprint density at radius 2 is 1.96 bits per heavy atom. The van der Waals surface area contributed by atoms with Gasteiger partial charge in [-0.25, -0.2) is 0 Å². The molecule has 0 radical (unpaired) electrons. The Morgan fingerprint density at radius 3 is 2.65 bits per heavy atom. The van der Waals surface area contributed by atoms with Gasteiger partial charge in [0.15, 0.2) is 5.84 Å².